The van der Waals surface area contributed by atoms with Gasteiger partial charge in [0.2, 0.25) is 5.91 Å². The van der Waals surface area contributed by atoms with Gasteiger partial charge >= 0.3 is 0 Å². The third-order valence-electron chi connectivity index (χ3n) is 4.98. The zero-order chi connectivity index (χ0) is 17.7. The largest absolute Gasteiger partial charge is 0.548 e. The molecule has 2 heterocycles. The minimum Gasteiger partial charge on any atom is -0.548 e. The van der Waals surface area contributed by atoms with Crippen LogP contribution < -0.4 is 10.8 Å². The summed E-state index contributed by atoms with van der Waals surface area (Å²) in [5.41, 5.74) is 3.95. The number of carboxylic acid groups (broad SMARTS) is 1. The lowest BCUT2D eigenvalue weighted by Crippen LogP contribution is -2.68. The molecule has 0 aliphatic carbocycles. The molecular formula is C16H27N3O4S. The van der Waals surface area contributed by atoms with Gasteiger partial charge in [-0.25, -0.2) is 0 Å². The molecule has 0 aromatic carbocycles. The molecule has 7 nitrogen and oxygen atoms in total. The van der Waals surface area contributed by atoms with Crippen molar-refractivity contribution in [1.29, 1.82) is 0 Å². The van der Waals surface area contributed by atoms with Crippen LogP contribution in [0, 0.1) is 5.92 Å². The number of hydrogen-bond donors (Lipinski definition) is 1. The SMILES string of the molecule is CSCC[C@H]([NH3+])C(=O)N1CCC(C(=O)N2CCC[C@@H]2C(=O)[O-])CC1. The number of thioether (sulfide) groups is 1. The lowest BCUT2D eigenvalue weighted by atomic mass is 9.94. The van der Waals surface area contributed by atoms with Gasteiger partial charge in [0.25, 0.3) is 5.91 Å². The van der Waals surface area contributed by atoms with Crippen molar-refractivity contribution in [2.24, 2.45) is 5.92 Å². The van der Waals surface area contributed by atoms with E-state index in [9.17, 15) is 19.5 Å². The first-order valence-corrected chi connectivity index (χ1v) is 9.97. The number of carboxylic acids is 1. The van der Waals surface area contributed by atoms with Crippen LogP contribution in [0.2, 0.25) is 0 Å². The van der Waals surface area contributed by atoms with Crippen molar-refractivity contribution in [2.45, 2.75) is 44.2 Å². The molecule has 2 atom stereocenters. The molecule has 2 aliphatic heterocycles. The van der Waals surface area contributed by atoms with E-state index in [4.69, 9.17) is 0 Å². The van der Waals surface area contributed by atoms with Crippen LogP contribution in [0.5, 0.6) is 0 Å². The van der Waals surface area contributed by atoms with Gasteiger partial charge in [-0.15, -0.1) is 0 Å². The maximum Gasteiger partial charge on any atom is 0.280 e. The molecule has 2 saturated heterocycles. The summed E-state index contributed by atoms with van der Waals surface area (Å²) < 4.78 is 0. The number of piperidine rings is 1. The van der Waals surface area contributed by atoms with E-state index in [1.807, 2.05) is 6.26 Å². The van der Waals surface area contributed by atoms with Gasteiger partial charge in [0.1, 0.15) is 0 Å². The number of aliphatic carboxylic acids is 1. The summed E-state index contributed by atoms with van der Waals surface area (Å²) in [6.45, 7) is 1.58. The minimum atomic E-state index is -1.16. The number of hydrogen-bond acceptors (Lipinski definition) is 5. The van der Waals surface area contributed by atoms with Crippen LogP contribution in [0.1, 0.15) is 32.1 Å². The highest BCUT2D eigenvalue weighted by Crippen LogP contribution is 2.25. The summed E-state index contributed by atoms with van der Waals surface area (Å²) in [6.07, 6.45) is 5.14. The van der Waals surface area contributed by atoms with Gasteiger partial charge in [-0.2, -0.15) is 11.8 Å². The standard InChI is InChI=1S/C16H27N3O4S/c1-24-10-6-12(17)15(21)18-8-4-11(5-9-18)14(20)19-7-2-3-13(19)16(22)23/h11-13H,2-10,17H2,1H3,(H,22,23)/t12-,13+/m0/s1. The molecule has 136 valence electrons. The van der Waals surface area contributed by atoms with Crippen molar-refractivity contribution in [3.05, 3.63) is 0 Å². The average molecular weight is 357 g/mol. The van der Waals surface area contributed by atoms with Crippen molar-refractivity contribution in [2.75, 3.05) is 31.6 Å². The predicted octanol–water partition coefficient (Wildman–Crippen LogP) is -1.67. The summed E-state index contributed by atoms with van der Waals surface area (Å²) in [6, 6.07) is -1.02. The number of rotatable bonds is 6. The Morgan fingerprint density at radius 2 is 1.88 bits per heavy atom. The topological polar surface area (TPSA) is 108 Å². The molecule has 0 aromatic rings. The Labute approximate surface area is 146 Å². The van der Waals surface area contributed by atoms with Gasteiger partial charge in [0.15, 0.2) is 6.04 Å². The monoisotopic (exact) mass is 357 g/mol. The molecule has 24 heavy (non-hydrogen) atoms. The van der Waals surface area contributed by atoms with Crippen LogP contribution in [0.15, 0.2) is 0 Å². The summed E-state index contributed by atoms with van der Waals surface area (Å²) in [5.74, 6) is -0.481. The molecule has 0 unspecified atom stereocenters. The molecular weight excluding hydrogens is 330 g/mol. The summed E-state index contributed by atoms with van der Waals surface area (Å²) >= 11 is 1.70. The average Bonchev–Trinajstić information content (AvgIpc) is 3.08. The Bertz CT molecular complexity index is 480. The zero-order valence-corrected chi connectivity index (χ0v) is 15.1. The highest BCUT2D eigenvalue weighted by atomic mass is 32.2. The molecule has 8 heteroatoms. The maximum atomic E-state index is 12.6. The van der Waals surface area contributed by atoms with E-state index in [0.29, 0.717) is 45.3 Å². The summed E-state index contributed by atoms with van der Waals surface area (Å²) in [5, 5.41) is 11.1. The van der Waals surface area contributed by atoms with Crippen LogP contribution in [-0.4, -0.2) is 71.3 Å². The zero-order valence-electron chi connectivity index (χ0n) is 14.2. The first-order chi connectivity index (χ1) is 11.5. The highest BCUT2D eigenvalue weighted by Gasteiger charge is 2.36. The van der Waals surface area contributed by atoms with Crippen LogP contribution in [-0.2, 0) is 14.4 Å². The molecule has 2 fully saturated rings. The van der Waals surface area contributed by atoms with Crippen molar-refractivity contribution < 1.29 is 25.2 Å². The van der Waals surface area contributed by atoms with Crippen molar-refractivity contribution in [3.63, 3.8) is 0 Å². The Kier molecular flexibility index (Phi) is 6.91. The summed E-state index contributed by atoms with van der Waals surface area (Å²) in [4.78, 5) is 39.3. The minimum absolute atomic E-state index is 0.0590. The number of carbonyl (C=O) groups excluding carboxylic acids is 3. The third kappa shape index (κ3) is 4.42. The fraction of sp³-hybridized carbons (Fsp3) is 0.812. The number of carbonyl (C=O) groups is 3. The van der Waals surface area contributed by atoms with Crippen molar-refractivity contribution in [1.82, 2.24) is 9.80 Å². The van der Waals surface area contributed by atoms with Gasteiger partial charge in [0.05, 0.1) is 12.0 Å². The van der Waals surface area contributed by atoms with Crippen LogP contribution in [0.25, 0.3) is 0 Å². The number of amides is 2. The maximum absolute atomic E-state index is 12.6. The predicted molar refractivity (Wildman–Crippen MR) is 88.7 cm³/mol. The molecule has 0 bridgehead atoms. The lowest BCUT2D eigenvalue weighted by molar-refractivity contribution is -0.406. The van der Waals surface area contributed by atoms with Gasteiger partial charge in [-0.05, 0) is 37.7 Å². The first-order valence-electron chi connectivity index (χ1n) is 8.57. The first kappa shape index (κ1) is 19.1. The molecule has 3 N–H and O–H groups in total. The van der Waals surface area contributed by atoms with E-state index in [-0.39, 0.29) is 23.8 Å². The second-order valence-corrected chi connectivity index (χ2v) is 7.57. The molecule has 2 rings (SSSR count). The molecule has 2 amide bonds. The smallest absolute Gasteiger partial charge is 0.280 e. The van der Waals surface area contributed by atoms with Crippen LogP contribution in [0.4, 0.5) is 0 Å². The molecule has 0 spiro atoms. The Morgan fingerprint density at radius 1 is 1.21 bits per heavy atom. The van der Waals surface area contributed by atoms with E-state index < -0.39 is 12.0 Å². The lowest BCUT2D eigenvalue weighted by Gasteiger charge is -2.35. The second-order valence-electron chi connectivity index (χ2n) is 6.59. The molecule has 0 radical (unpaired) electrons. The van der Waals surface area contributed by atoms with Crippen LogP contribution in [0.3, 0.4) is 0 Å². The van der Waals surface area contributed by atoms with Gasteiger partial charge < -0.3 is 25.4 Å². The molecule has 0 saturated carbocycles. The van der Waals surface area contributed by atoms with E-state index in [1.54, 1.807) is 16.7 Å². The summed E-state index contributed by atoms with van der Waals surface area (Å²) in [7, 11) is 0. The molecule has 0 aromatic heterocycles. The van der Waals surface area contributed by atoms with Crippen molar-refractivity contribution in [3.8, 4) is 0 Å². The van der Waals surface area contributed by atoms with Crippen molar-refractivity contribution >= 4 is 29.5 Å². The van der Waals surface area contributed by atoms with Gasteiger partial charge in [-0.1, -0.05) is 0 Å². The van der Waals surface area contributed by atoms with Gasteiger partial charge in [-0.3, -0.25) is 9.59 Å². The highest BCUT2D eigenvalue weighted by molar-refractivity contribution is 7.98. The third-order valence-corrected chi connectivity index (χ3v) is 5.63. The van der Waals surface area contributed by atoms with E-state index in [2.05, 4.69) is 5.73 Å². The molecule has 2 aliphatic rings. The normalized spacial score (nSPS) is 23.3. The van der Waals surface area contributed by atoms with Gasteiger partial charge in [0, 0.05) is 32.0 Å². The van der Waals surface area contributed by atoms with E-state index in [1.165, 1.54) is 4.90 Å². The number of likely N-dealkylation sites (tertiary alicyclic amines) is 2. The fourth-order valence-corrected chi connectivity index (χ4v) is 4.02. The van der Waals surface area contributed by atoms with E-state index in [0.717, 1.165) is 12.2 Å². The van der Waals surface area contributed by atoms with Crippen LogP contribution >= 0.6 is 11.8 Å². The van der Waals surface area contributed by atoms with E-state index >= 15 is 0 Å². The number of nitrogens with zero attached hydrogens (tertiary/aromatic N) is 2. The fourth-order valence-electron chi connectivity index (χ4n) is 3.50. The number of quaternary nitrogens is 1. The Hall–Kier alpha value is -1.28. The Balaban J connectivity index is 1.85. The Morgan fingerprint density at radius 3 is 2.46 bits per heavy atom. The quantitative estimate of drug-likeness (QED) is 0.611. The second kappa shape index (κ2) is 8.71.